The third kappa shape index (κ3) is 3.77. The number of amides is 2. The van der Waals surface area contributed by atoms with Crippen molar-refractivity contribution in [2.24, 2.45) is 5.92 Å². The summed E-state index contributed by atoms with van der Waals surface area (Å²) >= 11 is 0. The van der Waals surface area contributed by atoms with E-state index in [1.165, 1.54) is 12.8 Å². The van der Waals surface area contributed by atoms with E-state index < -0.39 is 0 Å². The smallest absolute Gasteiger partial charge is 0.322 e. The molecule has 2 amide bonds. The van der Waals surface area contributed by atoms with E-state index in [2.05, 4.69) is 4.98 Å². The van der Waals surface area contributed by atoms with Gasteiger partial charge in [-0.2, -0.15) is 0 Å². The fraction of sp³-hybridized carbons (Fsp3) is 0.381. The summed E-state index contributed by atoms with van der Waals surface area (Å²) in [5, 5.41) is 0. The first-order valence-electron chi connectivity index (χ1n) is 9.30. The van der Waals surface area contributed by atoms with Crippen molar-refractivity contribution in [1.29, 1.82) is 0 Å². The normalized spacial score (nSPS) is 17.0. The van der Waals surface area contributed by atoms with Crippen LogP contribution >= 0.6 is 0 Å². The zero-order valence-electron chi connectivity index (χ0n) is 14.8. The minimum atomic E-state index is 0.0123. The van der Waals surface area contributed by atoms with Crippen molar-refractivity contribution in [3.8, 4) is 0 Å². The number of aryl methyl sites for hydroxylation is 1. The van der Waals surface area contributed by atoms with Crippen molar-refractivity contribution in [3.05, 3.63) is 59.8 Å². The molecule has 1 saturated heterocycles. The van der Waals surface area contributed by atoms with E-state index in [0.29, 0.717) is 30.3 Å². The number of rotatable bonds is 7. The monoisotopic (exact) mass is 349 g/mol. The molecule has 4 rings (SSSR count). The highest BCUT2D eigenvalue weighted by Crippen LogP contribution is 2.31. The molecule has 1 saturated carbocycles. The number of ketones is 1. The molecule has 2 aromatic rings. The van der Waals surface area contributed by atoms with E-state index in [9.17, 15) is 9.59 Å². The summed E-state index contributed by atoms with van der Waals surface area (Å²) in [6, 6.07) is 13.5. The molecule has 0 bridgehead atoms. The molecule has 2 fully saturated rings. The molecule has 0 radical (unpaired) electrons. The summed E-state index contributed by atoms with van der Waals surface area (Å²) in [7, 11) is 0. The molecular weight excluding hydrogens is 326 g/mol. The number of pyridine rings is 1. The second-order valence-electron chi connectivity index (χ2n) is 7.14. The first-order valence-corrected chi connectivity index (χ1v) is 9.30. The van der Waals surface area contributed by atoms with Crippen LogP contribution in [0.1, 0.15) is 35.2 Å². The summed E-state index contributed by atoms with van der Waals surface area (Å²) in [5.41, 5.74) is 1.78. The van der Waals surface area contributed by atoms with Crippen molar-refractivity contribution in [1.82, 2.24) is 9.88 Å². The maximum atomic E-state index is 12.6. The molecule has 0 unspecified atom stereocenters. The number of Topliss-reactive ketones (excluding diaryl/α,β-unsaturated/α-hetero) is 1. The molecule has 0 N–H and O–H groups in total. The van der Waals surface area contributed by atoms with E-state index in [1.807, 2.05) is 35.2 Å². The maximum absolute atomic E-state index is 12.6. The molecule has 2 aliphatic rings. The van der Waals surface area contributed by atoms with E-state index in [4.69, 9.17) is 0 Å². The largest absolute Gasteiger partial charge is 0.325 e. The van der Waals surface area contributed by atoms with Crippen LogP contribution in [0.5, 0.6) is 0 Å². The lowest BCUT2D eigenvalue weighted by molar-refractivity contribution is 0.0982. The number of hydrogen-bond donors (Lipinski definition) is 0. The zero-order valence-corrected chi connectivity index (χ0v) is 14.8. The third-order valence-corrected chi connectivity index (χ3v) is 5.10. The van der Waals surface area contributed by atoms with Crippen LogP contribution < -0.4 is 4.90 Å². The highest BCUT2D eigenvalue weighted by Gasteiger charge is 2.34. The number of nitrogens with zero attached hydrogens (tertiary/aromatic N) is 3. The first kappa shape index (κ1) is 16.8. The summed E-state index contributed by atoms with van der Waals surface area (Å²) < 4.78 is 0. The van der Waals surface area contributed by atoms with Gasteiger partial charge in [0.2, 0.25) is 0 Å². The zero-order chi connectivity index (χ0) is 17.9. The molecule has 1 aliphatic heterocycles. The predicted octanol–water partition coefficient (Wildman–Crippen LogP) is 3.55. The number of anilines is 1. The highest BCUT2D eigenvalue weighted by atomic mass is 16.2. The average Bonchev–Trinajstić information content (AvgIpc) is 3.43. The fourth-order valence-corrected chi connectivity index (χ4v) is 3.36. The van der Waals surface area contributed by atoms with Crippen LogP contribution in [0, 0.1) is 5.92 Å². The Morgan fingerprint density at radius 1 is 1.12 bits per heavy atom. The van der Waals surface area contributed by atoms with Gasteiger partial charge < -0.3 is 4.90 Å². The summed E-state index contributed by atoms with van der Waals surface area (Å²) in [6.07, 6.45) is 5.26. The van der Waals surface area contributed by atoms with Crippen LogP contribution in [-0.4, -0.2) is 41.3 Å². The Labute approximate surface area is 153 Å². The second kappa shape index (κ2) is 7.28. The van der Waals surface area contributed by atoms with Crippen molar-refractivity contribution >= 4 is 17.6 Å². The Kier molecular flexibility index (Phi) is 4.69. The Bertz CT molecular complexity index is 802. The van der Waals surface area contributed by atoms with Crippen LogP contribution in [0.25, 0.3) is 0 Å². The molecule has 134 valence electrons. The Hall–Kier alpha value is -2.69. The lowest BCUT2D eigenvalue weighted by Gasteiger charge is -2.18. The Morgan fingerprint density at radius 3 is 2.69 bits per heavy atom. The topological polar surface area (TPSA) is 53.5 Å². The van der Waals surface area contributed by atoms with Crippen LogP contribution in [0.15, 0.2) is 48.7 Å². The summed E-state index contributed by atoms with van der Waals surface area (Å²) in [6.45, 7) is 2.23. The van der Waals surface area contributed by atoms with E-state index in [0.717, 1.165) is 25.1 Å². The maximum Gasteiger partial charge on any atom is 0.325 e. The molecule has 5 heteroatoms. The van der Waals surface area contributed by atoms with Crippen molar-refractivity contribution < 1.29 is 9.59 Å². The second-order valence-corrected chi connectivity index (χ2v) is 7.14. The van der Waals surface area contributed by atoms with Crippen LogP contribution in [-0.2, 0) is 6.42 Å². The Balaban J connectivity index is 1.41. The number of urea groups is 1. The van der Waals surface area contributed by atoms with Gasteiger partial charge in [0.25, 0.3) is 0 Å². The van der Waals surface area contributed by atoms with Crippen LogP contribution in [0.4, 0.5) is 10.6 Å². The lowest BCUT2D eigenvalue weighted by atomic mass is 10.0. The van der Waals surface area contributed by atoms with Gasteiger partial charge in [0, 0.05) is 37.8 Å². The van der Waals surface area contributed by atoms with Gasteiger partial charge in [0.05, 0.1) is 0 Å². The third-order valence-electron chi connectivity index (χ3n) is 5.10. The molecule has 2 heterocycles. The SMILES string of the molecule is O=C(CCc1ccccc1)c1ccnc(N2CCN(CC3CC3)C2=O)c1. The fourth-order valence-electron chi connectivity index (χ4n) is 3.36. The average molecular weight is 349 g/mol. The first-order chi connectivity index (χ1) is 12.7. The van der Waals surface area contributed by atoms with Crippen molar-refractivity contribution in [2.75, 3.05) is 24.5 Å². The molecule has 0 atom stereocenters. The molecule has 1 aromatic heterocycles. The Morgan fingerprint density at radius 2 is 1.92 bits per heavy atom. The van der Waals surface area contributed by atoms with Gasteiger partial charge in [-0.1, -0.05) is 30.3 Å². The highest BCUT2D eigenvalue weighted by molar-refractivity contribution is 5.98. The lowest BCUT2D eigenvalue weighted by Crippen LogP contribution is -2.33. The van der Waals surface area contributed by atoms with Gasteiger partial charge in [0.1, 0.15) is 5.82 Å². The molecule has 5 nitrogen and oxygen atoms in total. The molecule has 1 aliphatic carbocycles. The minimum Gasteiger partial charge on any atom is -0.322 e. The van der Waals surface area contributed by atoms with Gasteiger partial charge in [-0.25, -0.2) is 9.78 Å². The molecule has 1 aromatic carbocycles. The number of hydrogen-bond acceptors (Lipinski definition) is 3. The molecule has 0 spiro atoms. The molecule has 26 heavy (non-hydrogen) atoms. The van der Waals surface area contributed by atoms with Crippen molar-refractivity contribution in [3.63, 3.8) is 0 Å². The predicted molar refractivity (Wildman–Crippen MR) is 100 cm³/mol. The van der Waals surface area contributed by atoms with Crippen molar-refractivity contribution in [2.45, 2.75) is 25.7 Å². The number of carbonyl (C=O) groups excluding carboxylic acids is 2. The number of aromatic nitrogens is 1. The van der Waals surface area contributed by atoms with Gasteiger partial charge in [-0.15, -0.1) is 0 Å². The van der Waals surface area contributed by atoms with Gasteiger partial charge in [-0.3, -0.25) is 9.69 Å². The van der Waals surface area contributed by atoms with E-state index in [1.54, 1.807) is 23.2 Å². The number of carbonyl (C=O) groups is 2. The van der Waals surface area contributed by atoms with Gasteiger partial charge in [0.15, 0.2) is 5.78 Å². The van der Waals surface area contributed by atoms with E-state index >= 15 is 0 Å². The van der Waals surface area contributed by atoms with E-state index in [-0.39, 0.29) is 11.8 Å². The van der Waals surface area contributed by atoms with Gasteiger partial charge in [-0.05, 0) is 42.9 Å². The van der Waals surface area contributed by atoms with Crippen LogP contribution in [0.2, 0.25) is 0 Å². The van der Waals surface area contributed by atoms with Crippen LogP contribution in [0.3, 0.4) is 0 Å². The summed E-state index contributed by atoms with van der Waals surface area (Å²) in [4.78, 5) is 33.1. The minimum absolute atomic E-state index is 0.0123. The molecular formula is C21H23N3O2. The quantitative estimate of drug-likeness (QED) is 0.718. The van der Waals surface area contributed by atoms with Gasteiger partial charge >= 0.3 is 6.03 Å². The standard InChI is InChI=1S/C21H23N3O2/c25-19(9-8-16-4-2-1-3-5-16)18-10-11-22-20(14-18)24-13-12-23(21(24)26)15-17-6-7-17/h1-5,10-11,14,17H,6-9,12-13,15H2. The summed E-state index contributed by atoms with van der Waals surface area (Å²) in [5.74, 6) is 1.34. The number of benzene rings is 1.